The summed E-state index contributed by atoms with van der Waals surface area (Å²) >= 11 is 1.65. The fourth-order valence-electron chi connectivity index (χ4n) is 2.51. The number of pyridine rings is 1. The smallest absolute Gasteiger partial charge is 0.237 e. The van der Waals surface area contributed by atoms with E-state index < -0.39 is 0 Å². The van der Waals surface area contributed by atoms with E-state index in [1.165, 1.54) is 5.56 Å². The van der Waals surface area contributed by atoms with Gasteiger partial charge in [0, 0.05) is 12.4 Å². The van der Waals surface area contributed by atoms with Crippen molar-refractivity contribution < 1.29 is 4.52 Å². The molecule has 1 aliphatic rings. The Balaban J connectivity index is 1.74. The number of aromatic nitrogens is 3. The fourth-order valence-corrected chi connectivity index (χ4v) is 3.36. The molecular formula is C15H13N3OS. The lowest BCUT2D eigenvalue weighted by molar-refractivity contribution is 0.360. The highest BCUT2D eigenvalue weighted by atomic mass is 32.1. The van der Waals surface area contributed by atoms with Gasteiger partial charge in [0.25, 0.3) is 0 Å². The highest BCUT2D eigenvalue weighted by molar-refractivity contribution is 7.13. The molecule has 0 amide bonds. The van der Waals surface area contributed by atoms with Crippen LogP contribution in [0.3, 0.4) is 0 Å². The zero-order chi connectivity index (χ0) is 13.6. The van der Waals surface area contributed by atoms with E-state index in [0.717, 1.165) is 23.3 Å². The van der Waals surface area contributed by atoms with Crippen LogP contribution in [0.25, 0.3) is 10.7 Å². The van der Waals surface area contributed by atoms with Gasteiger partial charge in [-0.25, -0.2) is 0 Å². The summed E-state index contributed by atoms with van der Waals surface area (Å²) in [5.41, 5.74) is 2.25. The van der Waals surface area contributed by atoms with E-state index in [1.807, 2.05) is 12.3 Å². The molecule has 3 aromatic rings. The Morgan fingerprint density at radius 2 is 2.20 bits per heavy atom. The lowest BCUT2D eigenvalue weighted by atomic mass is 9.98. The normalized spacial score (nSPS) is 16.2. The van der Waals surface area contributed by atoms with Gasteiger partial charge < -0.3 is 4.52 Å². The molecule has 100 valence electrons. The molecular weight excluding hydrogens is 270 g/mol. The zero-order valence-corrected chi connectivity index (χ0v) is 11.9. The van der Waals surface area contributed by atoms with Gasteiger partial charge >= 0.3 is 0 Å². The summed E-state index contributed by atoms with van der Waals surface area (Å²) in [6, 6.07) is 6.11. The van der Waals surface area contributed by atoms with Crippen molar-refractivity contribution in [1.82, 2.24) is 15.1 Å². The minimum atomic E-state index is -0.106. The first-order valence-electron chi connectivity index (χ1n) is 6.59. The number of aryl methyl sites for hydroxylation is 1. The van der Waals surface area contributed by atoms with E-state index in [2.05, 4.69) is 39.6 Å². The monoisotopic (exact) mass is 283 g/mol. The molecule has 20 heavy (non-hydrogen) atoms. The van der Waals surface area contributed by atoms with Crippen molar-refractivity contribution in [2.24, 2.45) is 0 Å². The number of nitrogens with zero attached hydrogens (tertiary/aromatic N) is 3. The maximum absolute atomic E-state index is 5.54. The van der Waals surface area contributed by atoms with Crippen LogP contribution in [0.4, 0.5) is 0 Å². The standard InChI is InChI=1S/C15H13N3OS/c1-10-4-8-20-12(10)13-17-14(19-18-13)15(5-6-15)11-3-2-7-16-9-11/h2-4,7-9H,5-6H2,1H3. The second kappa shape index (κ2) is 4.24. The van der Waals surface area contributed by atoms with Gasteiger partial charge in [0.2, 0.25) is 11.7 Å². The Morgan fingerprint density at radius 1 is 1.30 bits per heavy atom. The predicted octanol–water partition coefficient (Wildman–Crippen LogP) is 3.58. The number of hydrogen-bond donors (Lipinski definition) is 0. The first-order valence-corrected chi connectivity index (χ1v) is 7.47. The molecule has 5 heteroatoms. The van der Waals surface area contributed by atoms with Crippen molar-refractivity contribution in [1.29, 1.82) is 0 Å². The van der Waals surface area contributed by atoms with Crippen LogP contribution in [-0.4, -0.2) is 15.1 Å². The molecule has 4 nitrogen and oxygen atoms in total. The third-order valence-electron chi connectivity index (χ3n) is 3.86. The fraction of sp³-hybridized carbons (Fsp3) is 0.267. The van der Waals surface area contributed by atoms with Gasteiger partial charge in [-0.2, -0.15) is 4.98 Å². The summed E-state index contributed by atoms with van der Waals surface area (Å²) in [7, 11) is 0. The van der Waals surface area contributed by atoms with Gasteiger partial charge in [-0.3, -0.25) is 4.98 Å². The highest BCUT2D eigenvalue weighted by Gasteiger charge is 2.51. The van der Waals surface area contributed by atoms with Crippen LogP contribution in [0.2, 0.25) is 0 Å². The molecule has 3 heterocycles. The summed E-state index contributed by atoms with van der Waals surface area (Å²) in [6.45, 7) is 2.07. The summed E-state index contributed by atoms with van der Waals surface area (Å²) in [6.07, 6.45) is 5.77. The minimum absolute atomic E-state index is 0.106. The molecule has 1 fully saturated rings. The van der Waals surface area contributed by atoms with Crippen molar-refractivity contribution in [3.05, 3.63) is 53.0 Å². The maximum Gasteiger partial charge on any atom is 0.237 e. The third kappa shape index (κ3) is 1.70. The molecule has 0 N–H and O–H groups in total. The van der Waals surface area contributed by atoms with Crippen molar-refractivity contribution in [3.63, 3.8) is 0 Å². The van der Waals surface area contributed by atoms with Crippen molar-refractivity contribution in [2.45, 2.75) is 25.2 Å². The molecule has 4 rings (SSSR count). The van der Waals surface area contributed by atoms with Crippen LogP contribution in [0.15, 0.2) is 40.5 Å². The van der Waals surface area contributed by atoms with Gasteiger partial charge in [0.05, 0.1) is 10.3 Å². The average Bonchev–Trinajstić information content (AvgIpc) is 2.94. The zero-order valence-electron chi connectivity index (χ0n) is 11.0. The van der Waals surface area contributed by atoms with E-state index in [4.69, 9.17) is 4.52 Å². The van der Waals surface area contributed by atoms with Gasteiger partial charge in [-0.15, -0.1) is 11.3 Å². The Labute approximate surface area is 120 Å². The first kappa shape index (κ1) is 11.8. The van der Waals surface area contributed by atoms with Gasteiger partial charge in [-0.05, 0) is 48.4 Å². The second-order valence-corrected chi connectivity index (χ2v) is 6.10. The van der Waals surface area contributed by atoms with Crippen LogP contribution >= 0.6 is 11.3 Å². The Bertz CT molecular complexity index is 743. The molecule has 0 atom stereocenters. The predicted molar refractivity (Wildman–Crippen MR) is 76.6 cm³/mol. The number of rotatable bonds is 3. The topological polar surface area (TPSA) is 51.8 Å². The molecule has 0 bridgehead atoms. The molecule has 1 aliphatic carbocycles. The van der Waals surface area contributed by atoms with E-state index in [-0.39, 0.29) is 5.41 Å². The van der Waals surface area contributed by atoms with Crippen molar-refractivity contribution in [3.8, 4) is 10.7 Å². The number of thiophene rings is 1. The second-order valence-electron chi connectivity index (χ2n) is 5.18. The SMILES string of the molecule is Cc1ccsc1-c1noc(C2(c3cccnc3)CC2)n1. The minimum Gasteiger partial charge on any atom is -0.338 e. The van der Waals surface area contributed by atoms with Gasteiger partial charge in [-0.1, -0.05) is 11.2 Å². The van der Waals surface area contributed by atoms with Crippen molar-refractivity contribution >= 4 is 11.3 Å². The lowest BCUT2D eigenvalue weighted by Crippen LogP contribution is -2.09. The molecule has 0 aliphatic heterocycles. The molecule has 1 saturated carbocycles. The summed E-state index contributed by atoms with van der Waals surface area (Å²) in [5.74, 6) is 1.41. The van der Waals surface area contributed by atoms with Crippen molar-refractivity contribution in [2.75, 3.05) is 0 Å². The van der Waals surface area contributed by atoms with E-state index >= 15 is 0 Å². The van der Waals surface area contributed by atoms with Crippen LogP contribution in [-0.2, 0) is 5.41 Å². The molecule has 0 saturated heterocycles. The lowest BCUT2D eigenvalue weighted by Gasteiger charge is -2.08. The van der Waals surface area contributed by atoms with E-state index in [1.54, 1.807) is 17.5 Å². The quantitative estimate of drug-likeness (QED) is 0.737. The molecule has 0 radical (unpaired) electrons. The van der Waals surface area contributed by atoms with Gasteiger partial charge in [0.15, 0.2) is 0 Å². The maximum atomic E-state index is 5.54. The largest absolute Gasteiger partial charge is 0.338 e. The Morgan fingerprint density at radius 3 is 2.85 bits per heavy atom. The van der Waals surface area contributed by atoms with Crippen LogP contribution in [0.5, 0.6) is 0 Å². The molecule has 0 aromatic carbocycles. The highest BCUT2D eigenvalue weighted by Crippen LogP contribution is 2.52. The molecule has 3 aromatic heterocycles. The van der Waals surface area contributed by atoms with Crippen LogP contribution in [0.1, 0.15) is 29.9 Å². The summed E-state index contributed by atoms with van der Waals surface area (Å²) < 4.78 is 5.54. The third-order valence-corrected chi connectivity index (χ3v) is 4.88. The molecule has 0 spiro atoms. The summed E-state index contributed by atoms with van der Waals surface area (Å²) in [5, 5.41) is 6.21. The Kier molecular flexibility index (Phi) is 2.50. The van der Waals surface area contributed by atoms with E-state index in [9.17, 15) is 0 Å². The van der Waals surface area contributed by atoms with Crippen LogP contribution in [0, 0.1) is 6.92 Å². The van der Waals surface area contributed by atoms with E-state index in [0.29, 0.717) is 11.7 Å². The Hall–Kier alpha value is -2.01. The van der Waals surface area contributed by atoms with Crippen LogP contribution < -0.4 is 0 Å². The first-order chi connectivity index (χ1) is 9.79. The summed E-state index contributed by atoms with van der Waals surface area (Å²) in [4.78, 5) is 9.91. The van der Waals surface area contributed by atoms with Gasteiger partial charge in [0.1, 0.15) is 0 Å². The average molecular weight is 283 g/mol. The number of hydrogen-bond acceptors (Lipinski definition) is 5. The molecule has 0 unspecified atom stereocenters.